The summed E-state index contributed by atoms with van der Waals surface area (Å²) in [4.78, 5) is 10.6. The molecule has 6 heteroatoms. The van der Waals surface area contributed by atoms with Crippen molar-refractivity contribution in [3.05, 3.63) is 12.2 Å². The van der Waals surface area contributed by atoms with E-state index in [1.165, 1.54) is 57.8 Å². The molecule has 2 atom stereocenters. The van der Waals surface area contributed by atoms with Crippen LogP contribution in [-0.2, 0) is 9.53 Å². The molecule has 1 rings (SSSR count). The molecule has 0 aromatic rings. The van der Waals surface area contributed by atoms with Crippen LogP contribution >= 0.6 is 0 Å². The minimum atomic E-state index is -0.954. The van der Waals surface area contributed by atoms with E-state index < -0.39 is 18.2 Å². The summed E-state index contributed by atoms with van der Waals surface area (Å²) < 4.78 is 5.07. The van der Waals surface area contributed by atoms with Crippen LogP contribution in [0.1, 0.15) is 84.0 Å². The molecule has 1 aliphatic heterocycles. The molecule has 2 unspecified atom stereocenters. The van der Waals surface area contributed by atoms with Crippen molar-refractivity contribution in [3.8, 4) is 0 Å². The summed E-state index contributed by atoms with van der Waals surface area (Å²) in [5.41, 5.74) is 0. The van der Waals surface area contributed by atoms with Crippen molar-refractivity contribution in [2.45, 2.75) is 102 Å². The summed E-state index contributed by atoms with van der Waals surface area (Å²) in [7, 11) is 0. The number of rotatable bonds is 16. The van der Waals surface area contributed by atoms with E-state index in [2.05, 4.69) is 19.1 Å². The summed E-state index contributed by atoms with van der Waals surface area (Å²) in [5, 5.41) is 32.7. The van der Waals surface area contributed by atoms with E-state index in [9.17, 15) is 4.79 Å². The molecular formula is C21H40O6. The number of ether oxygens (including phenoxy) is 1. The molecule has 0 aromatic heterocycles. The number of aliphatic hydroxyl groups excluding tert-OH is 3. The number of hydrogen-bond donors (Lipinski definition) is 4. The third kappa shape index (κ3) is 16.9. The Morgan fingerprint density at radius 1 is 0.926 bits per heavy atom. The van der Waals surface area contributed by atoms with Gasteiger partial charge in [0.15, 0.2) is 6.10 Å². The number of unbranched alkanes of at least 4 members (excludes halogenated alkanes) is 9. The lowest BCUT2D eigenvalue weighted by Crippen LogP contribution is -2.15. The molecule has 1 fully saturated rings. The average Bonchev–Trinajstić information content (AvgIpc) is 3.45. The van der Waals surface area contributed by atoms with Gasteiger partial charge in [0.05, 0.1) is 19.3 Å². The Kier molecular flexibility index (Phi) is 17.8. The van der Waals surface area contributed by atoms with Gasteiger partial charge in [-0.1, -0.05) is 64.0 Å². The largest absolute Gasteiger partial charge is 0.479 e. The lowest BCUT2D eigenvalue weighted by atomic mass is 10.1. The van der Waals surface area contributed by atoms with Gasteiger partial charge < -0.3 is 25.2 Å². The zero-order chi connectivity index (χ0) is 20.3. The highest BCUT2D eigenvalue weighted by Crippen LogP contribution is 2.27. The van der Waals surface area contributed by atoms with Gasteiger partial charge in [-0.3, -0.25) is 0 Å². The van der Waals surface area contributed by atoms with E-state index >= 15 is 0 Å². The van der Waals surface area contributed by atoms with Crippen LogP contribution in [0.3, 0.4) is 0 Å². The quantitative estimate of drug-likeness (QED) is 0.183. The van der Waals surface area contributed by atoms with E-state index in [1.54, 1.807) is 0 Å². The number of carboxylic acids is 1. The van der Waals surface area contributed by atoms with Crippen LogP contribution in [0.2, 0.25) is 0 Å². The van der Waals surface area contributed by atoms with Gasteiger partial charge in [0.2, 0.25) is 0 Å². The number of carbonyl (C=O) groups is 1. The predicted molar refractivity (Wildman–Crippen MR) is 107 cm³/mol. The van der Waals surface area contributed by atoms with Gasteiger partial charge in [0, 0.05) is 0 Å². The highest BCUT2D eigenvalue weighted by Gasteiger charge is 2.44. The molecule has 27 heavy (non-hydrogen) atoms. The van der Waals surface area contributed by atoms with Gasteiger partial charge in [0.1, 0.15) is 6.10 Å². The number of epoxide rings is 1. The van der Waals surface area contributed by atoms with Gasteiger partial charge in [-0.25, -0.2) is 4.79 Å². The number of aliphatic hydroxyl groups is 3. The standard InChI is InChI=1S/C18H32O3.C3H8O3/c1-2-3-4-5-6-7-8-9-10-11-12-13-14-15-16-17(21-16)18(19)20;4-1-3(6)2-5/h9-10,16-17H,2-8,11-15H2,1H3,(H,19,20);3-6H,1-2H2. The SMILES string of the molecule is CCCCCCCCC=CCCCCCC1OC1C(=O)O.OCC(O)CO. The lowest BCUT2D eigenvalue weighted by Gasteiger charge is -1.98. The maximum atomic E-state index is 10.6. The van der Waals surface area contributed by atoms with E-state index in [0.29, 0.717) is 0 Å². The van der Waals surface area contributed by atoms with Gasteiger partial charge >= 0.3 is 5.97 Å². The van der Waals surface area contributed by atoms with Gasteiger partial charge in [0.25, 0.3) is 0 Å². The zero-order valence-electron chi connectivity index (χ0n) is 16.9. The second kappa shape index (κ2) is 18.4. The molecule has 0 bridgehead atoms. The molecule has 0 aliphatic carbocycles. The van der Waals surface area contributed by atoms with Crippen LogP contribution < -0.4 is 0 Å². The van der Waals surface area contributed by atoms with E-state index in [0.717, 1.165) is 19.3 Å². The summed E-state index contributed by atoms with van der Waals surface area (Å²) in [6.07, 6.45) is 18.1. The van der Waals surface area contributed by atoms with Gasteiger partial charge in [-0.15, -0.1) is 0 Å². The first-order chi connectivity index (χ1) is 13.1. The van der Waals surface area contributed by atoms with Crippen LogP contribution in [0.5, 0.6) is 0 Å². The molecule has 1 heterocycles. The van der Waals surface area contributed by atoms with Gasteiger partial charge in [-0.05, 0) is 32.1 Å². The zero-order valence-corrected chi connectivity index (χ0v) is 16.9. The fourth-order valence-corrected chi connectivity index (χ4v) is 2.70. The second-order valence-corrected chi connectivity index (χ2v) is 7.12. The summed E-state index contributed by atoms with van der Waals surface area (Å²) in [6, 6.07) is 0. The number of carboxylic acid groups (broad SMARTS) is 1. The molecule has 1 saturated heterocycles. The molecule has 160 valence electrons. The Bertz CT molecular complexity index is 368. The Morgan fingerprint density at radius 3 is 1.89 bits per heavy atom. The lowest BCUT2D eigenvalue weighted by molar-refractivity contribution is -0.138. The average molecular weight is 389 g/mol. The molecular weight excluding hydrogens is 348 g/mol. The van der Waals surface area contributed by atoms with Crippen LogP contribution in [0.15, 0.2) is 12.2 Å². The summed E-state index contributed by atoms with van der Waals surface area (Å²) >= 11 is 0. The van der Waals surface area contributed by atoms with Crippen molar-refractivity contribution in [2.24, 2.45) is 0 Å². The molecule has 1 aliphatic rings. The second-order valence-electron chi connectivity index (χ2n) is 7.12. The molecule has 6 nitrogen and oxygen atoms in total. The fourth-order valence-electron chi connectivity index (χ4n) is 2.70. The van der Waals surface area contributed by atoms with Crippen molar-refractivity contribution >= 4 is 5.97 Å². The maximum absolute atomic E-state index is 10.6. The van der Waals surface area contributed by atoms with Crippen molar-refractivity contribution in [1.82, 2.24) is 0 Å². The highest BCUT2D eigenvalue weighted by molar-refractivity contribution is 5.75. The maximum Gasteiger partial charge on any atom is 0.335 e. The minimum absolute atomic E-state index is 0.00856. The van der Waals surface area contributed by atoms with Crippen molar-refractivity contribution in [1.29, 1.82) is 0 Å². The Morgan fingerprint density at radius 2 is 1.44 bits per heavy atom. The van der Waals surface area contributed by atoms with Crippen LogP contribution in [0, 0.1) is 0 Å². The van der Waals surface area contributed by atoms with Crippen molar-refractivity contribution in [3.63, 3.8) is 0 Å². The smallest absolute Gasteiger partial charge is 0.335 e. The fraction of sp³-hybridized carbons (Fsp3) is 0.857. The normalized spacial score (nSPS) is 18.6. The first-order valence-electron chi connectivity index (χ1n) is 10.5. The molecule has 4 N–H and O–H groups in total. The first-order valence-corrected chi connectivity index (χ1v) is 10.5. The van der Waals surface area contributed by atoms with Gasteiger partial charge in [-0.2, -0.15) is 0 Å². The third-order valence-corrected chi connectivity index (χ3v) is 4.50. The molecule has 0 saturated carbocycles. The number of aliphatic carboxylic acids is 1. The number of hydrogen-bond acceptors (Lipinski definition) is 5. The molecule has 0 aromatic carbocycles. The van der Waals surface area contributed by atoms with Crippen molar-refractivity contribution in [2.75, 3.05) is 13.2 Å². The summed E-state index contributed by atoms with van der Waals surface area (Å²) in [5.74, 6) is -0.808. The predicted octanol–water partition coefficient (Wildman–Crippen LogP) is 3.43. The highest BCUT2D eigenvalue weighted by atomic mass is 16.6. The number of allylic oxidation sites excluding steroid dienone is 2. The molecule has 0 radical (unpaired) electrons. The first kappa shape index (κ1) is 26.1. The molecule has 0 spiro atoms. The van der Waals surface area contributed by atoms with E-state index in [1.807, 2.05) is 0 Å². The Hall–Kier alpha value is -0.950. The Labute approximate surface area is 164 Å². The topological polar surface area (TPSA) is 111 Å². The van der Waals surface area contributed by atoms with Crippen LogP contribution in [0.4, 0.5) is 0 Å². The monoisotopic (exact) mass is 388 g/mol. The van der Waals surface area contributed by atoms with Crippen LogP contribution in [-0.4, -0.2) is 57.9 Å². The Balaban J connectivity index is 0.000000972. The van der Waals surface area contributed by atoms with Crippen LogP contribution in [0.25, 0.3) is 0 Å². The van der Waals surface area contributed by atoms with E-state index in [4.69, 9.17) is 25.2 Å². The minimum Gasteiger partial charge on any atom is -0.479 e. The summed E-state index contributed by atoms with van der Waals surface area (Å²) in [6.45, 7) is 1.53. The molecule has 0 amide bonds. The third-order valence-electron chi connectivity index (χ3n) is 4.50. The van der Waals surface area contributed by atoms with Crippen molar-refractivity contribution < 1.29 is 30.0 Å². The van der Waals surface area contributed by atoms with E-state index in [-0.39, 0.29) is 19.3 Å².